The Morgan fingerprint density at radius 3 is 2.37 bits per heavy atom. The van der Waals surface area contributed by atoms with Crippen molar-refractivity contribution in [2.45, 2.75) is 38.1 Å². The van der Waals surface area contributed by atoms with Gasteiger partial charge in [0.05, 0.1) is 0 Å². The van der Waals surface area contributed by atoms with Gasteiger partial charge in [-0.15, -0.1) is 0 Å². The highest BCUT2D eigenvalue weighted by Gasteiger charge is 2.28. The van der Waals surface area contributed by atoms with Gasteiger partial charge >= 0.3 is 0 Å². The molecular formula is C22H25FN2O2. The zero-order valence-electron chi connectivity index (χ0n) is 15.4. The van der Waals surface area contributed by atoms with E-state index in [2.05, 4.69) is 5.32 Å². The highest BCUT2D eigenvalue weighted by atomic mass is 19.1. The highest BCUT2D eigenvalue weighted by molar-refractivity contribution is 5.88. The van der Waals surface area contributed by atoms with Gasteiger partial charge in [-0.1, -0.05) is 48.5 Å². The molecule has 1 heterocycles. The lowest BCUT2D eigenvalue weighted by molar-refractivity contribution is -0.135. The van der Waals surface area contributed by atoms with Crippen molar-refractivity contribution in [1.29, 1.82) is 0 Å². The maximum absolute atomic E-state index is 13.7. The molecule has 142 valence electrons. The van der Waals surface area contributed by atoms with Crippen LogP contribution in [0.15, 0.2) is 54.6 Å². The van der Waals surface area contributed by atoms with E-state index in [1.54, 1.807) is 18.2 Å². The Labute approximate surface area is 159 Å². The number of aryl methyl sites for hydroxylation is 1. The van der Waals surface area contributed by atoms with Gasteiger partial charge in [0.25, 0.3) is 0 Å². The molecular weight excluding hydrogens is 343 g/mol. The Balaban J connectivity index is 1.60. The molecule has 2 amide bonds. The van der Waals surface area contributed by atoms with E-state index in [1.807, 2.05) is 35.2 Å². The van der Waals surface area contributed by atoms with Gasteiger partial charge in [0.15, 0.2) is 0 Å². The Hall–Kier alpha value is -2.69. The van der Waals surface area contributed by atoms with Crippen LogP contribution in [0.4, 0.5) is 4.39 Å². The number of benzene rings is 2. The van der Waals surface area contributed by atoms with E-state index in [0.717, 1.165) is 31.5 Å². The fraction of sp³-hybridized carbons (Fsp3) is 0.364. The average molecular weight is 368 g/mol. The zero-order chi connectivity index (χ0) is 19.1. The van der Waals surface area contributed by atoms with Crippen LogP contribution in [0.1, 0.15) is 42.9 Å². The number of carbonyl (C=O) groups is 2. The number of carbonyl (C=O) groups excluding carboxylic acids is 2. The lowest BCUT2D eigenvalue weighted by Gasteiger charge is -2.24. The molecule has 0 bridgehead atoms. The second-order valence-electron chi connectivity index (χ2n) is 6.89. The fourth-order valence-electron chi connectivity index (χ4n) is 3.43. The van der Waals surface area contributed by atoms with Crippen molar-refractivity contribution in [3.8, 4) is 0 Å². The molecule has 1 N–H and O–H groups in total. The minimum absolute atomic E-state index is 0.0545. The first kappa shape index (κ1) is 19.1. The number of halogens is 1. The minimum atomic E-state index is -0.662. The van der Waals surface area contributed by atoms with Gasteiger partial charge in [-0.05, 0) is 42.9 Å². The summed E-state index contributed by atoms with van der Waals surface area (Å²) in [5.74, 6) is -0.488. The number of hydrogen-bond donors (Lipinski definition) is 1. The van der Waals surface area contributed by atoms with Crippen molar-refractivity contribution in [2.24, 2.45) is 0 Å². The first-order valence-corrected chi connectivity index (χ1v) is 9.51. The molecule has 1 atom stereocenters. The van der Waals surface area contributed by atoms with E-state index in [0.29, 0.717) is 18.4 Å². The summed E-state index contributed by atoms with van der Waals surface area (Å²) >= 11 is 0. The van der Waals surface area contributed by atoms with Crippen LogP contribution in [0.25, 0.3) is 0 Å². The van der Waals surface area contributed by atoms with Crippen LogP contribution in [0, 0.1) is 5.82 Å². The third-order valence-electron chi connectivity index (χ3n) is 4.91. The van der Waals surface area contributed by atoms with E-state index in [-0.39, 0.29) is 24.1 Å². The SMILES string of the molecule is O=C(CCCc1ccccc1F)NC(C(=O)N1CCCC1)c1ccccc1. The third-order valence-corrected chi connectivity index (χ3v) is 4.91. The summed E-state index contributed by atoms with van der Waals surface area (Å²) in [5, 5.41) is 2.89. The van der Waals surface area contributed by atoms with Gasteiger partial charge in [0, 0.05) is 19.5 Å². The summed E-state index contributed by atoms with van der Waals surface area (Å²) < 4.78 is 13.7. The molecule has 2 aromatic rings. The number of nitrogens with one attached hydrogen (secondary N) is 1. The fourth-order valence-corrected chi connectivity index (χ4v) is 3.43. The lowest BCUT2D eigenvalue weighted by atomic mass is 10.0. The summed E-state index contributed by atoms with van der Waals surface area (Å²) in [6.45, 7) is 1.48. The van der Waals surface area contributed by atoms with Crippen LogP contribution < -0.4 is 5.32 Å². The largest absolute Gasteiger partial charge is 0.341 e. The molecule has 0 radical (unpaired) electrons. The summed E-state index contributed by atoms with van der Waals surface area (Å²) in [7, 11) is 0. The van der Waals surface area contributed by atoms with E-state index >= 15 is 0 Å². The maximum atomic E-state index is 13.7. The number of amides is 2. The predicted octanol–water partition coefficient (Wildman–Crippen LogP) is 3.63. The van der Waals surface area contributed by atoms with Gasteiger partial charge in [0.1, 0.15) is 11.9 Å². The highest BCUT2D eigenvalue weighted by Crippen LogP contribution is 2.20. The van der Waals surface area contributed by atoms with Crippen molar-refractivity contribution < 1.29 is 14.0 Å². The van der Waals surface area contributed by atoms with Gasteiger partial charge < -0.3 is 10.2 Å². The van der Waals surface area contributed by atoms with Gasteiger partial charge in [-0.3, -0.25) is 9.59 Å². The minimum Gasteiger partial charge on any atom is -0.341 e. The van der Waals surface area contributed by atoms with E-state index in [4.69, 9.17) is 0 Å². The molecule has 1 saturated heterocycles. The van der Waals surface area contributed by atoms with Crippen LogP contribution in [-0.2, 0) is 16.0 Å². The average Bonchev–Trinajstić information content (AvgIpc) is 3.23. The summed E-state index contributed by atoms with van der Waals surface area (Å²) in [6.07, 6.45) is 3.29. The first-order valence-electron chi connectivity index (χ1n) is 9.51. The molecule has 4 nitrogen and oxygen atoms in total. The lowest BCUT2D eigenvalue weighted by Crippen LogP contribution is -2.41. The standard InChI is InChI=1S/C22H25FN2O2/c23-19-13-5-4-9-17(19)12-8-14-20(26)24-21(18-10-2-1-3-11-18)22(27)25-15-6-7-16-25/h1-5,9-11,13,21H,6-8,12,14-16H2,(H,24,26). The molecule has 0 spiro atoms. The van der Waals surface area contributed by atoms with Gasteiger partial charge in [-0.25, -0.2) is 4.39 Å². The summed E-state index contributed by atoms with van der Waals surface area (Å²) in [6, 6.07) is 15.3. The van der Waals surface area contributed by atoms with Crippen molar-refractivity contribution >= 4 is 11.8 Å². The number of nitrogens with zero attached hydrogens (tertiary/aromatic N) is 1. The Bertz CT molecular complexity index is 773. The molecule has 2 aromatic carbocycles. The molecule has 0 aromatic heterocycles. The summed E-state index contributed by atoms with van der Waals surface area (Å²) in [4.78, 5) is 27.1. The monoisotopic (exact) mass is 368 g/mol. The summed E-state index contributed by atoms with van der Waals surface area (Å²) in [5.41, 5.74) is 1.40. The van der Waals surface area contributed by atoms with E-state index < -0.39 is 6.04 Å². The van der Waals surface area contributed by atoms with Crippen LogP contribution in [0.5, 0.6) is 0 Å². The number of likely N-dealkylation sites (tertiary alicyclic amines) is 1. The van der Waals surface area contributed by atoms with Crippen molar-refractivity contribution in [2.75, 3.05) is 13.1 Å². The van der Waals surface area contributed by atoms with Gasteiger partial charge in [0.2, 0.25) is 11.8 Å². The molecule has 1 unspecified atom stereocenters. The quantitative estimate of drug-likeness (QED) is 0.811. The van der Waals surface area contributed by atoms with Crippen molar-refractivity contribution in [3.63, 3.8) is 0 Å². The van der Waals surface area contributed by atoms with Crippen molar-refractivity contribution in [1.82, 2.24) is 10.2 Å². The van der Waals surface area contributed by atoms with Gasteiger partial charge in [-0.2, -0.15) is 0 Å². The molecule has 3 rings (SSSR count). The smallest absolute Gasteiger partial charge is 0.249 e. The van der Waals surface area contributed by atoms with Crippen molar-refractivity contribution in [3.05, 3.63) is 71.5 Å². The zero-order valence-corrected chi connectivity index (χ0v) is 15.4. The normalized spacial score (nSPS) is 14.8. The molecule has 1 aliphatic heterocycles. The molecule has 0 saturated carbocycles. The molecule has 27 heavy (non-hydrogen) atoms. The number of hydrogen-bond acceptors (Lipinski definition) is 2. The van der Waals surface area contributed by atoms with E-state index in [9.17, 15) is 14.0 Å². The molecule has 1 aliphatic rings. The van der Waals surface area contributed by atoms with Crippen LogP contribution in [0.3, 0.4) is 0 Å². The Morgan fingerprint density at radius 2 is 1.67 bits per heavy atom. The third kappa shape index (κ3) is 5.16. The van der Waals surface area contributed by atoms with Crippen LogP contribution in [-0.4, -0.2) is 29.8 Å². The maximum Gasteiger partial charge on any atom is 0.249 e. The Kier molecular flexibility index (Phi) is 6.58. The number of rotatable bonds is 7. The topological polar surface area (TPSA) is 49.4 Å². The predicted molar refractivity (Wildman–Crippen MR) is 102 cm³/mol. The Morgan fingerprint density at radius 1 is 1.00 bits per heavy atom. The second kappa shape index (κ2) is 9.31. The molecule has 0 aliphatic carbocycles. The van der Waals surface area contributed by atoms with Crippen LogP contribution >= 0.6 is 0 Å². The van der Waals surface area contributed by atoms with E-state index in [1.165, 1.54) is 6.07 Å². The first-order chi connectivity index (χ1) is 13.1. The van der Waals surface area contributed by atoms with Crippen LogP contribution in [0.2, 0.25) is 0 Å². The molecule has 5 heteroatoms. The molecule has 1 fully saturated rings. The second-order valence-corrected chi connectivity index (χ2v) is 6.89.